The van der Waals surface area contributed by atoms with Crippen molar-refractivity contribution in [3.8, 4) is 0 Å². The van der Waals surface area contributed by atoms with Crippen molar-refractivity contribution in [2.45, 2.75) is 78.4 Å². The van der Waals surface area contributed by atoms with Gasteiger partial charge in [-0.1, -0.05) is 54.6 Å². The minimum absolute atomic E-state index is 0.0000151. The van der Waals surface area contributed by atoms with Gasteiger partial charge in [0.2, 0.25) is 5.95 Å². The highest BCUT2D eigenvalue weighted by Gasteiger charge is 2.31. The van der Waals surface area contributed by atoms with Gasteiger partial charge in [-0.25, -0.2) is 19.0 Å². The van der Waals surface area contributed by atoms with Crippen molar-refractivity contribution in [2.75, 3.05) is 16.8 Å². The maximum atomic E-state index is 13.6. The van der Waals surface area contributed by atoms with E-state index in [4.69, 9.17) is 19.2 Å². The summed E-state index contributed by atoms with van der Waals surface area (Å²) in [6.07, 6.45) is -0.560. The third kappa shape index (κ3) is 9.55. The molecule has 4 aromatic rings. The lowest BCUT2D eigenvalue weighted by Gasteiger charge is -2.37. The lowest BCUT2D eigenvalue weighted by atomic mass is 9.93. The molecule has 0 spiro atoms. The summed E-state index contributed by atoms with van der Waals surface area (Å²) < 4.78 is 30.1. The second-order valence-electron chi connectivity index (χ2n) is 13.0. The first kappa shape index (κ1) is 35.8. The highest BCUT2D eigenvalue weighted by molar-refractivity contribution is 5.86. The van der Waals surface area contributed by atoms with E-state index in [1.165, 1.54) is 23.3 Å². The second kappa shape index (κ2) is 15.8. The Bertz CT molecular complexity index is 1810. The predicted molar refractivity (Wildman–Crippen MR) is 186 cm³/mol. The van der Waals surface area contributed by atoms with E-state index in [-0.39, 0.29) is 31.0 Å². The van der Waals surface area contributed by atoms with Gasteiger partial charge < -0.3 is 29.7 Å². The maximum Gasteiger partial charge on any atom is 0.408 e. The zero-order chi connectivity index (χ0) is 35.8. The number of hydrogen-bond donors (Lipinski definition) is 2. The molecule has 0 aliphatic carbocycles. The molecule has 12 heteroatoms. The van der Waals surface area contributed by atoms with Gasteiger partial charge >= 0.3 is 18.0 Å². The van der Waals surface area contributed by atoms with Gasteiger partial charge in [0.05, 0.1) is 18.2 Å². The smallest absolute Gasteiger partial charge is 0.408 e. The van der Waals surface area contributed by atoms with Gasteiger partial charge in [-0.3, -0.25) is 4.79 Å². The highest BCUT2D eigenvalue weighted by atomic mass is 19.1. The summed E-state index contributed by atoms with van der Waals surface area (Å²) in [6, 6.07) is 21.8. The number of nitrogens with one attached hydrogen (secondary N) is 2. The Morgan fingerprint density at radius 1 is 0.940 bits per heavy atom. The van der Waals surface area contributed by atoms with E-state index >= 15 is 0 Å². The number of anilines is 3. The van der Waals surface area contributed by atoms with Crippen molar-refractivity contribution in [3.05, 3.63) is 113 Å². The third-order valence-corrected chi connectivity index (χ3v) is 8.13. The zero-order valence-electron chi connectivity index (χ0n) is 28.9. The molecular formula is C38H42FN5O6. The van der Waals surface area contributed by atoms with Crippen LogP contribution in [0.5, 0.6) is 0 Å². The molecule has 2 N–H and O–H groups in total. The van der Waals surface area contributed by atoms with Gasteiger partial charge in [0.1, 0.15) is 36.5 Å². The van der Waals surface area contributed by atoms with Gasteiger partial charge in [0, 0.05) is 17.8 Å². The molecule has 1 aliphatic rings. The maximum absolute atomic E-state index is 13.6. The molecule has 50 heavy (non-hydrogen) atoms. The van der Waals surface area contributed by atoms with Crippen LogP contribution < -0.4 is 15.5 Å². The third-order valence-electron chi connectivity index (χ3n) is 8.13. The number of carbonyl (C=O) groups is 3. The van der Waals surface area contributed by atoms with E-state index < -0.39 is 36.1 Å². The van der Waals surface area contributed by atoms with Crippen LogP contribution in [0.1, 0.15) is 68.1 Å². The number of amides is 1. The Labute approximate surface area is 291 Å². The molecule has 1 aromatic heterocycles. The van der Waals surface area contributed by atoms with Crippen molar-refractivity contribution >= 4 is 35.5 Å². The van der Waals surface area contributed by atoms with E-state index in [9.17, 15) is 18.8 Å². The Morgan fingerprint density at radius 3 is 2.36 bits per heavy atom. The summed E-state index contributed by atoms with van der Waals surface area (Å²) >= 11 is 0. The summed E-state index contributed by atoms with van der Waals surface area (Å²) in [7, 11) is 0. The number of nitrogens with zero attached hydrogens (tertiary/aromatic N) is 3. The van der Waals surface area contributed by atoms with Crippen LogP contribution in [0.25, 0.3) is 0 Å². The minimum Gasteiger partial charge on any atom is -0.461 e. The fourth-order valence-corrected chi connectivity index (χ4v) is 5.60. The Balaban J connectivity index is 1.38. The van der Waals surface area contributed by atoms with E-state index in [2.05, 4.69) is 39.6 Å². The van der Waals surface area contributed by atoms with Crippen LogP contribution in [0.3, 0.4) is 0 Å². The molecule has 2 heterocycles. The highest BCUT2D eigenvalue weighted by Crippen LogP contribution is 2.35. The molecule has 262 valence electrons. The van der Waals surface area contributed by atoms with Gasteiger partial charge in [-0.15, -0.1) is 0 Å². The van der Waals surface area contributed by atoms with Gasteiger partial charge in [0.25, 0.3) is 0 Å². The zero-order valence-corrected chi connectivity index (χ0v) is 28.9. The molecular weight excluding hydrogens is 641 g/mol. The molecule has 3 aromatic carbocycles. The van der Waals surface area contributed by atoms with E-state index in [0.29, 0.717) is 29.3 Å². The van der Waals surface area contributed by atoms with Crippen LogP contribution in [0.2, 0.25) is 0 Å². The van der Waals surface area contributed by atoms with Crippen molar-refractivity contribution in [1.82, 2.24) is 15.3 Å². The van der Waals surface area contributed by atoms with Gasteiger partial charge in [0.15, 0.2) is 0 Å². The normalized spacial score (nSPS) is 14.6. The SMILES string of the molecule is Cc1c(COC(=O)[C@H](CC(=O)OCc2ccccc2)NC(=O)OC(C)(C)C)nc(Nc2ccc(F)cc2)nc1N1CCc2ccccc2C1C. The summed E-state index contributed by atoms with van der Waals surface area (Å²) in [5, 5.41) is 5.59. The lowest BCUT2D eigenvalue weighted by molar-refractivity contribution is -0.154. The summed E-state index contributed by atoms with van der Waals surface area (Å²) in [5.74, 6) is -1.10. The monoisotopic (exact) mass is 683 g/mol. The van der Waals surface area contributed by atoms with Crippen LogP contribution >= 0.6 is 0 Å². The van der Waals surface area contributed by atoms with Crippen LogP contribution in [-0.2, 0) is 43.4 Å². The number of hydrogen-bond acceptors (Lipinski definition) is 10. The summed E-state index contributed by atoms with van der Waals surface area (Å²) in [5.41, 5.74) is 4.04. The Hall–Kier alpha value is -5.52. The molecule has 2 atom stereocenters. The fourth-order valence-electron chi connectivity index (χ4n) is 5.60. The van der Waals surface area contributed by atoms with Gasteiger partial charge in [-0.05, 0) is 82.0 Å². The molecule has 11 nitrogen and oxygen atoms in total. The number of alkyl carbamates (subject to hydrolysis) is 1. The van der Waals surface area contributed by atoms with Crippen molar-refractivity contribution in [2.24, 2.45) is 0 Å². The number of fused-ring (bicyclic) bond motifs is 1. The number of halogens is 1. The minimum atomic E-state index is -1.40. The largest absolute Gasteiger partial charge is 0.461 e. The number of benzene rings is 3. The average Bonchev–Trinajstić information content (AvgIpc) is 3.08. The molecule has 5 rings (SSSR count). The number of ether oxygens (including phenoxy) is 3. The Kier molecular flexibility index (Phi) is 11.3. The Morgan fingerprint density at radius 2 is 1.64 bits per heavy atom. The molecule has 0 bridgehead atoms. The molecule has 0 fully saturated rings. The first-order chi connectivity index (χ1) is 23.9. The van der Waals surface area contributed by atoms with Gasteiger partial charge in [-0.2, -0.15) is 4.98 Å². The molecule has 0 radical (unpaired) electrons. The lowest BCUT2D eigenvalue weighted by Crippen LogP contribution is -2.45. The quantitative estimate of drug-likeness (QED) is 0.128. The van der Waals surface area contributed by atoms with E-state index in [1.807, 2.05) is 37.3 Å². The standard InChI is InChI=1S/C38H42FN5O6/c1-24-32(23-49-35(46)31(42-37(47)50-38(3,4)5)21-33(45)48-22-26-11-7-6-8-12-26)41-36(40-29-17-15-28(39)16-18-29)43-34(24)44-20-19-27-13-9-10-14-30(27)25(44)2/h6-18,25,31H,19-23H2,1-5H3,(H,42,47)(H,40,41,43)/t25?,31-/m0/s1. The van der Waals surface area contributed by atoms with Crippen LogP contribution in [0.15, 0.2) is 78.9 Å². The number of esters is 2. The van der Waals surface area contributed by atoms with E-state index in [1.54, 1.807) is 45.0 Å². The summed E-state index contributed by atoms with van der Waals surface area (Å²) in [6.45, 7) is 9.41. The second-order valence-corrected chi connectivity index (χ2v) is 13.0. The molecule has 1 unspecified atom stereocenters. The van der Waals surface area contributed by atoms with Crippen LogP contribution in [-0.4, -0.2) is 46.2 Å². The summed E-state index contributed by atoms with van der Waals surface area (Å²) in [4.78, 5) is 50.7. The molecule has 0 saturated heterocycles. The first-order valence-corrected chi connectivity index (χ1v) is 16.5. The average molecular weight is 684 g/mol. The van der Waals surface area contributed by atoms with Crippen molar-refractivity contribution < 1.29 is 33.0 Å². The fraction of sp³-hybridized carbons (Fsp3) is 0.342. The molecule has 1 aliphatic heterocycles. The molecule has 0 saturated carbocycles. The number of aromatic nitrogens is 2. The first-order valence-electron chi connectivity index (χ1n) is 16.5. The van der Waals surface area contributed by atoms with Crippen molar-refractivity contribution in [3.63, 3.8) is 0 Å². The van der Waals surface area contributed by atoms with Crippen LogP contribution in [0, 0.1) is 12.7 Å². The van der Waals surface area contributed by atoms with Crippen LogP contribution in [0.4, 0.5) is 26.6 Å². The molecule has 1 amide bonds. The topological polar surface area (TPSA) is 132 Å². The predicted octanol–water partition coefficient (Wildman–Crippen LogP) is 6.86. The number of rotatable bonds is 11. The van der Waals surface area contributed by atoms with Crippen molar-refractivity contribution in [1.29, 1.82) is 0 Å². The number of carbonyl (C=O) groups excluding carboxylic acids is 3. The van der Waals surface area contributed by atoms with E-state index in [0.717, 1.165) is 12.0 Å².